The summed E-state index contributed by atoms with van der Waals surface area (Å²) in [6.07, 6.45) is 0. The van der Waals surface area contributed by atoms with E-state index in [4.69, 9.17) is 4.74 Å². The number of nitrogens with zero attached hydrogens (tertiary/aromatic N) is 3. The molecule has 0 atom stereocenters. The third-order valence-corrected chi connectivity index (χ3v) is 4.54. The minimum atomic E-state index is -0.373. The SMILES string of the molecule is Cc1ccc(C(=O)N2CCN(C(=O)N3CCOCC3)CC2)cc1F. The van der Waals surface area contributed by atoms with Crippen molar-refractivity contribution in [3.05, 3.63) is 35.1 Å². The normalized spacial score (nSPS) is 18.7. The molecule has 2 saturated heterocycles. The molecule has 0 saturated carbocycles. The van der Waals surface area contributed by atoms with Crippen LogP contribution in [0.3, 0.4) is 0 Å². The number of piperazine rings is 1. The molecular weight excluding hydrogens is 313 g/mol. The molecule has 0 aliphatic carbocycles. The van der Waals surface area contributed by atoms with Crippen LogP contribution in [-0.4, -0.2) is 79.1 Å². The Hall–Kier alpha value is -2.15. The van der Waals surface area contributed by atoms with Gasteiger partial charge in [-0.25, -0.2) is 9.18 Å². The van der Waals surface area contributed by atoms with Crippen molar-refractivity contribution in [3.63, 3.8) is 0 Å². The summed E-state index contributed by atoms with van der Waals surface area (Å²) < 4.78 is 18.9. The van der Waals surface area contributed by atoms with E-state index in [1.165, 1.54) is 6.07 Å². The van der Waals surface area contributed by atoms with Gasteiger partial charge in [0.05, 0.1) is 13.2 Å². The number of benzene rings is 1. The molecule has 0 spiro atoms. The molecule has 0 bridgehead atoms. The van der Waals surface area contributed by atoms with Crippen LogP contribution >= 0.6 is 0 Å². The molecular formula is C17H22FN3O3. The number of amides is 3. The van der Waals surface area contributed by atoms with Crippen LogP contribution in [0.15, 0.2) is 18.2 Å². The van der Waals surface area contributed by atoms with Gasteiger partial charge in [-0.15, -0.1) is 0 Å². The number of halogens is 1. The van der Waals surface area contributed by atoms with Crippen molar-refractivity contribution in [2.24, 2.45) is 0 Å². The van der Waals surface area contributed by atoms with Gasteiger partial charge in [-0.05, 0) is 24.6 Å². The summed E-state index contributed by atoms with van der Waals surface area (Å²) in [4.78, 5) is 30.1. The molecule has 2 heterocycles. The van der Waals surface area contributed by atoms with Crippen molar-refractivity contribution in [3.8, 4) is 0 Å². The van der Waals surface area contributed by atoms with E-state index in [0.29, 0.717) is 63.6 Å². The lowest BCUT2D eigenvalue weighted by atomic mass is 10.1. The minimum absolute atomic E-state index is 0.00628. The van der Waals surface area contributed by atoms with Crippen molar-refractivity contribution < 1.29 is 18.7 Å². The number of hydrogen-bond acceptors (Lipinski definition) is 3. The molecule has 0 unspecified atom stereocenters. The number of hydrogen-bond donors (Lipinski definition) is 0. The Morgan fingerprint density at radius 3 is 2.17 bits per heavy atom. The highest BCUT2D eigenvalue weighted by Gasteiger charge is 2.28. The average Bonchev–Trinajstić information content (AvgIpc) is 2.63. The molecule has 2 aliphatic heterocycles. The second kappa shape index (κ2) is 7.17. The van der Waals surface area contributed by atoms with Gasteiger partial charge in [0.1, 0.15) is 5.82 Å². The quantitative estimate of drug-likeness (QED) is 0.778. The molecule has 130 valence electrons. The summed E-state index contributed by atoms with van der Waals surface area (Å²) in [6, 6.07) is 4.54. The Kier molecular flexibility index (Phi) is 4.99. The van der Waals surface area contributed by atoms with Crippen LogP contribution in [0.4, 0.5) is 9.18 Å². The van der Waals surface area contributed by atoms with Gasteiger partial charge in [0.2, 0.25) is 0 Å². The Labute approximate surface area is 140 Å². The molecule has 2 fully saturated rings. The van der Waals surface area contributed by atoms with E-state index in [-0.39, 0.29) is 17.8 Å². The fourth-order valence-electron chi connectivity index (χ4n) is 2.96. The first-order valence-electron chi connectivity index (χ1n) is 8.23. The molecule has 0 N–H and O–H groups in total. The fraction of sp³-hybridized carbons (Fsp3) is 0.529. The van der Waals surface area contributed by atoms with E-state index >= 15 is 0 Å². The lowest BCUT2D eigenvalue weighted by Gasteiger charge is -2.38. The highest BCUT2D eigenvalue weighted by Crippen LogP contribution is 2.14. The minimum Gasteiger partial charge on any atom is -0.378 e. The van der Waals surface area contributed by atoms with Crippen molar-refractivity contribution in [1.82, 2.24) is 14.7 Å². The van der Waals surface area contributed by atoms with Crippen LogP contribution in [-0.2, 0) is 4.74 Å². The van der Waals surface area contributed by atoms with Crippen LogP contribution in [0.5, 0.6) is 0 Å². The number of carbonyl (C=O) groups is 2. The van der Waals surface area contributed by atoms with Gasteiger partial charge in [0, 0.05) is 44.8 Å². The standard InChI is InChI=1S/C17H22FN3O3/c1-13-2-3-14(12-15(13)18)16(22)19-4-6-20(7-5-19)17(23)21-8-10-24-11-9-21/h2-3,12H,4-11H2,1H3. The highest BCUT2D eigenvalue weighted by atomic mass is 19.1. The van der Waals surface area contributed by atoms with Crippen molar-refractivity contribution >= 4 is 11.9 Å². The number of rotatable bonds is 1. The molecule has 1 aromatic rings. The molecule has 2 aliphatic rings. The lowest BCUT2D eigenvalue weighted by molar-refractivity contribution is 0.0362. The number of aryl methyl sites for hydroxylation is 1. The molecule has 7 heteroatoms. The maximum Gasteiger partial charge on any atom is 0.320 e. The predicted octanol–water partition coefficient (Wildman–Crippen LogP) is 1.34. The Balaban J connectivity index is 1.57. The van der Waals surface area contributed by atoms with Crippen LogP contribution < -0.4 is 0 Å². The summed E-state index contributed by atoms with van der Waals surface area (Å²) in [5.41, 5.74) is 0.874. The van der Waals surface area contributed by atoms with E-state index in [0.717, 1.165) is 0 Å². The number of urea groups is 1. The van der Waals surface area contributed by atoms with Crippen LogP contribution in [0.2, 0.25) is 0 Å². The molecule has 0 aromatic heterocycles. The maximum atomic E-state index is 13.6. The van der Waals surface area contributed by atoms with Gasteiger partial charge in [-0.1, -0.05) is 6.07 Å². The molecule has 0 radical (unpaired) electrons. The zero-order valence-corrected chi connectivity index (χ0v) is 13.8. The average molecular weight is 335 g/mol. The van der Waals surface area contributed by atoms with Gasteiger partial charge in [-0.2, -0.15) is 0 Å². The zero-order chi connectivity index (χ0) is 17.1. The molecule has 3 rings (SSSR count). The first kappa shape index (κ1) is 16.7. The monoisotopic (exact) mass is 335 g/mol. The van der Waals surface area contributed by atoms with Gasteiger partial charge in [-0.3, -0.25) is 4.79 Å². The molecule has 1 aromatic carbocycles. The second-order valence-corrected chi connectivity index (χ2v) is 6.13. The van der Waals surface area contributed by atoms with Crippen molar-refractivity contribution in [1.29, 1.82) is 0 Å². The summed E-state index contributed by atoms with van der Waals surface area (Å²) in [6.45, 7) is 5.95. The van der Waals surface area contributed by atoms with Gasteiger partial charge in [0.25, 0.3) is 5.91 Å². The van der Waals surface area contributed by atoms with Crippen LogP contribution in [0.1, 0.15) is 15.9 Å². The molecule has 6 nitrogen and oxygen atoms in total. The summed E-state index contributed by atoms with van der Waals surface area (Å²) >= 11 is 0. The van der Waals surface area contributed by atoms with E-state index in [1.54, 1.807) is 33.8 Å². The first-order chi connectivity index (χ1) is 11.6. The summed E-state index contributed by atoms with van der Waals surface area (Å²) in [7, 11) is 0. The largest absolute Gasteiger partial charge is 0.378 e. The third kappa shape index (κ3) is 3.51. The van der Waals surface area contributed by atoms with Crippen LogP contribution in [0.25, 0.3) is 0 Å². The summed E-state index contributed by atoms with van der Waals surface area (Å²) in [5, 5.41) is 0. The number of morpholine rings is 1. The molecule has 3 amide bonds. The Morgan fingerprint density at radius 2 is 1.54 bits per heavy atom. The number of carbonyl (C=O) groups excluding carboxylic acids is 2. The fourth-order valence-corrected chi connectivity index (χ4v) is 2.96. The Morgan fingerprint density at radius 1 is 0.958 bits per heavy atom. The first-order valence-corrected chi connectivity index (χ1v) is 8.23. The summed E-state index contributed by atoms with van der Waals surface area (Å²) in [5.74, 6) is -0.561. The zero-order valence-electron chi connectivity index (χ0n) is 13.8. The van der Waals surface area contributed by atoms with Gasteiger partial charge >= 0.3 is 6.03 Å². The van der Waals surface area contributed by atoms with Gasteiger partial charge in [0.15, 0.2) is 0 Å². The van der Waals surface area contributed by atoms with Crippen molar-refractivity contribution in [2.75, 3.05) is 52.5 Å². The molecule has 24 heavy (non-hydrogen) atoms. The van der Waals surface area contributed by atoms with Crippen molar-refractivity contribution in [2.45, 2.75) is 6.92 Å². The third-order valence-electron chi connectivity index (χ3n) is 4.54. The van der Waals surface area contributed by atoms with Gasteiger partial charge < -0.3 is 19.4 Å². The smallest absolute Gasteiger partial charge is 0.320 e. The highest BCUT2D eigenvalue weighted by molar-refractivity contribution is 5.94. The maximum absolute atomic E-state index is 13.6. The predicted molar refractivity (Wildman–Crippen MR) is 86.4 cm³/mol. The lowest BCUT2D eigenvalue weighted by Crippen LogP contribution is -2.55. The second-order valence-electron chi connectivity index (χ2n) is 6.13. The topological polar surface area (TPSA) is 53.1 Å². The number of ether oxygens (including phenoxy) is 1. The van der Waals surface area contributed by atoms with E-state index in [2.05, 4.69) is 0 Å². The van der Waals surface area contributed by atoms with E-state index in [1.807, 2.05) is 0 Å². The van der Waals surface area contributed by atoms with Crippen LogP contribution in [0, 0.1) is 12.7 Å². The van der Waals surface area contributed by atoms with E-state index in [9.17, 15) is 14.0 Å². The van der Waals surface area contributed by atoms with E-state index < -0.39 is 0 Å². The Bertz CT molecular complexity index is 624.